The highest BCUT2D eigenvalue weighted by Crippen LogP contribution is 2.23. The number of rotatable bonds is 4. The van der Waals surface area contributed by atoms with Crippen molar-refractivity contribution in [2.24, 2.45) is 0 Å². The van der Waals surface area contributed by atoms with Crippen molar-refractivity contribution in [2.75, 3.05) is 11.1 Å². The van der Waals surface area contributed by atoms with Crippen molar-refractivity contribution >= 4 is 51.5 Å². The number of hydrogen-bond acceptors (Lipinski definition) is 2. The molecule has 20 heavy (non-hydrogen) atoms. The summed E-state index contributed by atoms with van der Waals surface area (Å²) < 4.78 is 2.76. The number of carbonyl (C=O) groups excluding carboxylic acids is 1. The molecule has 1 aromatic carbocycles. The fourth-order valence-corrected chi connectivity index (χ4v) is 2.93. The zero-order valence-corrected chi connectivity index (χ0v) is 13.9. The van der Waals surface area contributed by atoms with Crippen molar-refractivity contribution in [3.05, 3.63) is 44.7 Å². The van der Waals surface area contributed by atoms with Crippen LogP contribution >= 0.6 is 34.2 Å². The maximum Gasteiger partial charge on any atom is 0.272 e. The molecule has 2 aromatic rings. The second kappa shape index (κ2) is 6.49. The SMILES string of the molecule is CCCn1cc(N)cc1C(=O)Nc1ccc(Cl)cc1I. The van der Waals surface area contributed by atoms with Crippen molar-refractivity contribution in [1.82, 2.24) is 4.57 Å². The van der Waals surface area contributed by atoms with E-state index >= 15 is 0 Å². The van der Waals surface area contributed by atoms with E-state index in [4.69, 9.17) is 17.3 Å². The van der Waals surface area contributed by atoms with Gasteiger partial charge >= 0.3 is 0 Å². The largest absolute Gasteiger partial charge is 0.397 e. The lowest BCUT2D eigenvalue weighted by molar-refractivity contribution is 0.101. The van der Waals surface area contributed by atoms with Crippen molar-refractivity contribution < 1.29 is 4.79 Å². The minimum Gasteiger partial charge on any atom is -0.397 e. The van der Waals surface area contributed by atoms with Gasteiger partial charge in [0.15, 0.2) is 0 Å². The van der Waals surface area contributed by atoms with Gasteiger partial charge in [-0.15, -0.1) is 0 Å². The molecule has 106 valence electrons. The Morgan fingerprint density at radius 2 is 2.20 bits per heavy atom. The van der Waals surface area contributed by atoms with Crippen molar-refractivity contribution in [1.29, 1.82) is 0 Å². The molecule has 0 saturated heterocycles. The Kier molecular flexibility index (Phi) is 4.93. The molecule has 1 aromatic heterocycles. The highest BCUT2D eigenvalue weighted by molar-refractivity contribution is 14.1. The first kappa shape index (κ1) is 15.2. The van der Waals surface area contributed by atoms with E-state index in [2.05, 4.69) is 34.8 Å². The first-order chi connectivity index (χ1) is 9.51. The molecule has 0 unspecified atom stereocenters. The van der Waals surface area contributed by atoms with Gasteiger partial charge in [-0.25, -0.2) is 0 Å². The van der Waals surface area contributed by atoms with Crippen LogP contribution in [0.5, 0.6) is 0 Å². The summed E-state index contributed by atoms with van der Waals surface area (Å²) in [6.07, 6.45) is 2.72. The average molecular weight is 404 g/mol. The Balaban J connectivity index is 2.23. The van der Waals surface area contributed by atoms with Crippen LogP contribution in [-0.4, -0.2) is 10.5 Å². The average Bonchev–Trinajstić information content (AvgIpc) is 2.74. The Hall–Kier alpha value is -1.21. The zero-order valence-electron chi connectivity index (χ0n) is 11.0. The Morgan fingerprint density at radius 3 is 2.85 bits per heavy atom. The first-order valence-corrected chi connectivity index (χ1v) is 7.69. The van der Waals surface area contributed by atoms with Crippen LogP contribution in [-0.2, 0) is 6.54 Å². The molecule has 0 aliphatic heterocycles. The summed E-state index contributed by atoms with van der Waals surface area (Å²) in [7, 11) is 0. The number of hydrogen-bond donors (Lipinski definition) is 2. The lowest BCUT2D eigenvalue weighted by atomic mass is 10.3. The van der Waals surface area contributed by atoms with Gasteiger partial charge in [-0.05, 0) is 53.3 Å². The molecule has 0 saturated carbocycles. The predicted octanol–water partition coefficient (Wildman–Crippen LogP) is 3.99. The van der Waals surface area contributed by atoms with Crippen LogP contribution in [0.2, 0.25) is 5.02 Å². The van der Waals surface area contributed by atoms with Crippen molar-refractivity contribution in [2.45, 2.75) is 19.9 Å². The van der Waals surface area contributed by atoms with Gasteiger partial charge in [0, 0.05) is 21.3 Å². The molecule has 3 N–H and O–H groups in total. The molecule has 0 radical (unpaired) electrons. The lowest BCUT2D eigenvalue weighted by Gasteiger charge is -2.10. The van der Waals surface area contributed by atoms with E-state index in [0.29, 0.717) is 16.4 Å². The molecule has 0 fully saturated rings. The molecule has 2 rings (SSSR count). The molecule has 0 aliphatic rings. The molecule has 6 heteroatoms. The van der Waals surface area contributed by atoms with E-state index in [1.54, 1.807) is 30.5 Å². The highest BCUT2D eigenvalue weighted by Gasteiger charge is 2.14. The van der Waals surface area contributed by atoms with Crippen molar-refractivity contribution in [3.63, 3.8) is 0 Å². The molecule has 0 bridgehead atoms. The molecule has 0 spiro atoms. The number of nitrogens with zero attached hydrogens (tertiary/aromatic N) is 1. The number of nitrogens with two attached hydrogens (primary N) is 1. The second-order valence-electron chi connectivity index (χ2n) is 4.43. The van der Waals surface area contributed by atoms with E-state index in [-0.39, 0.29) is 5.91 Å². The quantitative estimate of drug-likeness (QED) is 0.758. The normalized spacial score (nSPS) is 10.6. The Morgan fingerprint density at radius 1 is 1.45 bits per heavy atom. The third kappa shape index (κ3) is 3.46. The van der Waals surface area contributed by atoms with Crippen LogP contribution in [0, 0.1) is 3.57 Å². The number of halogens is 2. The van der Waals surface area contributed by atoms with Crippen LogP contribution in [0.3, 0.4) is 0 Å². The van der Waals surface area contributed by atoms with Gasteiger partial charge in [0.2, 0.25) is 0 Å². The molecule has 1 amide bonds. The number of benzene rings is 1. The van der Waals surface area contributed by atoms with Crippen molar-refractivity contribution in [3.8, 4) is 0 Å². The highest BCUT2D eigenvalue weighted by atomic mass is 127. The van der Waals surface area contributed by atoms with E-state index in [1.807, 2.05) is 4.57 Å². The standard InChI is InChI=1S/C14H15ClIN3O/c1-2-5-19-8-10(17)7-13(19)14(20)18-12-4-3-9(15)6-11(12)16/h3-4,6-8H,2,5,17H2,1H3,(H,18,20). The van der Waals surface area contributed by atoms with Gasteiger partial charge in [0.1, 0.15) is 5.69 Å². The smallest absolute Gasteiger partial charge is 0.272 e. The van der Waals surface area contributed by atoms with E-state index < -0.39 is 0 Å². The number of aromatic nitrogens is 1. The number of aryl methyl sites for hydroxylation is 1. The minimum atomic E-state index is -0.171. The third-order valence-corrected chi connectivity index (χ3v) is 3.92. The predicted molar refractivity (Wildman–Crippen MR) is 91.3 cm³/mol. The summed E-state index contributed by atoms with van der Waals surface area (Å²) in [4.78, 5) is 12.3. The third-order valence-electron chi connectivity index (χ3n) is 2.79. The lowest BCUT2D eigenvalue weighted by Crippen LogP contribution is -2.17. The molecular weight excluding hydrogens is 389 g/mol. The van der Waals surface area contributed by atoms with E-state index in [9.17, 15) is 4.79 Å². The van der Waals surface area contributed by atoms with Crippen LogP contribution < -0.4 is 11.1 Å². The topological polar surface area (TPSA) is 60.0 Å². The van der Waals surface area contributed by atoms with Crippen LogP contribution in [0.4, 0.5) is 11.4 Å². The van der Waals surface area contributed by atoms with Gasteiger partial charge in [-0.3, -0.25) is 4.79 Å². The van der Waals surface area contributed by atoms with Gasteiger partial charge in [-0.1, -0.05) is 18.5 Å². The second-order valence-corrected chi connectivity index (χ2v) is 6.03. The number of nitrogen functional groups attached to an aromatic ring is 1. The summed E-state index contributed by atoms with van der Waals surface area (Å²) in [6.45, 7) is 2.82. The molecule has 4 nitrogen and oxygen atoms in total. The maximum absolute atomic E-state index is 12.3. The number of nitrogens with one attached hydrogen (secondary N) is 1. The fourth-order valence-electron chi connectivity index (χ4n) is 1.93. The number of carbonyl (C=O) groups is 1. The summed E-state index contributed by atoms with van der Waals surface area (Å²) >= 11 is 8.04. The Bertz CT molecular complexity index is 639. The van der Waals surface area contributed by atoms with Crippen LogP contribution in [0.15, 0.2) is 30.5 Å². The molecule has 1 heterocycles. The van der Waals surface area contributed by atoms with Gasteiger partial charge in [-0.2, -0.15) is 0 Å². The fraction of sp³-hybridized carbons (Fsp3) is 0.214. The first-order valence-electron chi connectivity index (χ1n) is 6.23. The summed E-state index contributed by atoms with van der Waals surface area (Å²) in [5, 5.41) is 3.53. The summed E-state index contributed by atoms with van der Waals surface area (Å²) in [6, 6.07) is 7.03. The van der Waals surface area contributed by atoms with Gasteiger partial charge < -0.3 is 15.6 Å². The minimum absolute atomic E-state index is 0.171. The molecule has 0 aliphatic carbocycles. The zero-order chi connectivity index (χ0) is 14.7. The summed E-state index contributed by atoms with van der Waals surface area (Å²) in [5.41, 5.74) is 7.67. The monoisotopic (exact) mass is 403 g/mol. The number of amides is 1. The van der Waals surface area contributed by atoms with Crippen LogP contribution in [0.25, 0.3) is 0 Å². The molecular formula is C14H15ClIN3O. The van der Waals surface area contributed by atoms with Gasteiger partial charge in [0.05, 0.1) is 11.4 Å². The number of anilines is 2. The van der Waals surface area contributed by atoms with E-state index in [1.165, 1.54) is 0 Å². The van der Waals surface area contributed by atoms with E-state index in [0.717, 1.165) is 22.2 Å². The summed E-state index contributed by atoms with van der Waals surface area (Å²) in [5.74, 6) is -0.171. The maximum atomic E-state index is 12.3. The van der Waals surface area contributed by atoms with Crippen LogP contribution in [0.1, 0.15) is 23.8 Å². The Labute approximate surface area is 136 Å². The molecule has 0 atom stereocenters. The van der Waals surface area contributed by atoms with Gasteiger partial charge in [0.25, 0.3) is 5.91 Å².